The molecule has 0 amide bonds. The smallest absolute Gasteiger partial charge is 0.315 e. The fourth-order valence-electron chi connectivity index (χ4n) is 6.82. The standard InChI is InChI=1S/C21H29F5O2/c1-11-4-16(21(25,26)20(24,10-11)19(3,22)23)17(27)28-18(2)14-6-12-5-13(8-14)9-15(18)7-12/h11-16H,4-10H2,1-3H3. The van der Waals surface area contributed by atoms with Gasteiger partial charge in [0.2, 0.25) is 5.67 Å². The zero-order valence-corrected chi connectivity index (χ0v) is 16.6. The third-order valence-electron chi connectivity index (χ3n) is 8.29. The molecule has 4 bridgehead atoms. The van der Waals surface area contributed by atoms with Crippen molar-refractivity contribution in [3.05, 3.63) is 0 Å². The molecule has 3 unspecified atom stereocenters. The molecule has 0 aromatic heterocycles. The Morgan fingerprint density at radius 2 is 1.46 bits per heavy atom. The van der Waals surface area contributed by atoms with Crippen molar-refractivity contribution in [1.82, 2.24) is 0 Å². The van der Waals surface area contributed by atoms with Crippen molar-refractivity contribution in [2.24, 2.45) is 35.5 Å². The first-order valence-electron chi connectivity index (χ1n) is 10.5. The lowest BCUT2D eigenvalue weighted by atomic mass is 9.50. The first-order chi connectivity index (χ1) is 12.8. The van der Waals surface area contributed by atoms with Crippen LogP contribution in [0.1, 0.15) is 65.7 Å². The number of ether oxygens (including phenoxy) is 1. The highest BCUT2D eigenvalue weighted by atomic mass is 19.3. The maximum Gasteiger partial charge on any atom is 0.315 e. The molecular formula is C21H29F5O2. The number of hydrogen-bond acceptors (Lipinski definition) is 2. The summed E-state index contributed by atoms with van der Waals surface area (Å²) in [5.74, 6) is -11.5. The summed E-state index contributed by atoms with van der Waals surface area (Å²) < 4.78 is 78.2. The van der Waals surface area contributed by atoms with Crippen LogP contribution in [0.3, 0.4) is 0 Å². The number of halogens is 5. The average molecular weight is 408 g/mol. The maximum atomic E-state index is 15.0. The van der Waals surface area contributed by atoms with Gasteiger partial charge in [-0.3, -0.25) is 4.79 Å². The number of carbonyl (C=O) groups is 1. The molecule has 5 rings (SSSR count). The molecule has 2 nitrogen and oxygen atoms in total. The van der Waals surface area contributed by atoms with Gasteiger partial charge in [-0.15, -0.1) is 0 Å². The molecule has 28 heavy (non-hydrogen) atoms. The quantitative estimate of drug-likeness (QED) is 0.436. The van der Waals surface area contributed by atoms with Crippen molar-refractivity contribution in [2.75, 3.05) is 0 Å². The van der Waals surface area contributed by atoms with E-state index in [-0.39, 0.29) is 25.2 Å². The lowest BCUT2D eigenvalue weighted by molar-refractivity contribution is -0.287. The van der Waals surface area contributed by atoms with Crippen LogP contribution in [0.25, 0.3) is 0 Å². The highest BCUT2D eigenvalue weighted by Gasteiger charge is 2.74. The van der Waals surface area contributed by atoms with Crippen molar-refractivity contribution < 1.29 is 31.5 Å². The Hall–Kier alpha value is -0.880. The third-order valence-corrected chi connectivity index (χ3v) is 8.29. The van der Waals surface area contributed by atoms with Crippen LogP contribution in [0.5, 0.6) is 0 Å². The zero-order chi connectivity index (χ0) is 20.7. The fraction of sp³-hybridized carbons (Fsp3) is 0.952. The molecule has 0 aliphatic heterocycles. The fourth-order valence-corrected chi connectivity index (χ4v) is 6.82. The van der Waals surface area contributed by atoms with E-state index in [1.165, 1.54) is 13.3 Å². The minimum Gasteiger partial charge on any atom is -0.458 e. The molecule has 7 heteroatoms. The first kappa shape index (κ1) is 20.4. The highest BCUT2D eigenvalue weighted by molar-refractivity contribution is 5.75. The summed E-state index contributed by atoms with van der Waals surface area (Å²) in [5.41, 5.74) is -4.90. The number of carbonyl (C=O) groups excluding carboxylic acids is 1. The summed E-state index contributed by atoms with van der Waals surface area (Å²) >= 11 is 0. The maximum absolute atomic E-state index is 15.0. The van der Waals surface area contributed by atoms with Crippen molar-refractivity contribution in [3.63, 3.8) is 0 Å². The van der Waals surface area contributed by atoms with Crippen LogP contribution in [0.2, 0.25) is 0 Å². The Kier molecular flexibility index (Phi) is 4.42. The van der Waals surface area contributed by atoms with Gasteiger partial charge in [-0.1, -0.05) is 6.92 Å². The van der Waals surface area contributed by atoms with E-state index in [2.05, 4.69) is 0 Å². The first-order valence-corrected chi connectivity index (χ1v) is 10.5. The summed E-state index contributed by atoms with van der Waals surface area (Å²) in [6.07, 6.45) is 3.51. The number of hydrogen-bond donors (Lipinski definition) is 0. The topological polar surface area (TPSA) is 26.3 Å². The molecule has 5 fully saturated rings. The van der Waals surface area contributed by atoms with E-state index in [0.29, 0.717) is 11.8 Å². The second-order valence-electron chi connectivity index (χ2n) is 10.3. The predicted molar refractivity (Wildman–Crippen MR) is 92.8 cm³/mol. The molecule has 0 aromatic rings. The minimum atomic E-state index is -4.48. The van der Waals surface area contributed by atoms with Gasteiger partial charge in [0.25, 0.3) is 5.92 Å². The monoisotopic (exact) mass is 408 g/mol. The molecule has 0 radical (unpaired) electrons. The van der Waals surface area contributed by atoms with Crippen molar-refractivity contribution in [1.29, 1.82) is 0 Å². The van der Waals surface area contributed by atoms with Gasteiger partial charge in [-0.25, -0.2) is 22.0 Å². The van der Waals surface area contributed by atoms with Crippen LogP contribution < -0.4 is 0 Å². The lowest BCUT2D eigenvalue weighted by Gasteiger charge is -2.59. The Morgan fingerprint density at radius 3 is 1.93 bits per heavy atom. The molecule has 0 spiro atoms. The lowest BCUT2D eigenvalue weighted by Crippen LogP contribution is -2.65. The summed E-state index contributed by atoms with van der Waals surface area (Å²) in [7, 11) is 0. The average Bonchev–Trinajstić information content (AvgIpc) is 2.54. The van der Waals surface area contributed by atoms with Crippen LogP contribution in [0.15, 0.2) is 0 Å². The molecule has 0 aromatic carbocycles. The SMILES string of the molecule is CC1CC(C(=O)OC2(C)C3CC4CC(C3)CC2C4)C(F)(F)C(F)(C(C)(F)F)C1. The zero-order valence-electron chi connectivity index (χ0n) is 16.6. The highest BCUT2D eigenvalue weighted by Crippen LogP contribution is 2.61. The largest absolute Gasteiger partial charge is 0.458 e. The second kappa shape index (κ2) is 6.07. The molecule has 0 heterocycles. The number of esters is 1. The molecule has 3 atom stereocenters. The van der Waals surface area contributed by atoms with Crippen LogP contribution in [0.4, 0.5) is 22.0 Å². The van der Waals surface area contributed by atoms with E-state index in [1.54, 1.807) is 6.92 Å². The molecule has 0 saturated heterocycles. The minimum absolute atomic E-state index is 0.116. The van der Waals surface area contributed by atoms with E-state index in [0.717, 1.165) is 25.7 Å². The molecule has 160 valence electrons. The molecule has 5 saturated carbocycles. The van der Waals surface area contributed by atoms with E-state index in [4.69, 9.17) is 4.74 Å². The van der Waals surface area contributed by atoms with E-state index < -0.39 is 47.3 Å². The van der Waals surface area contributed by atoms with Crippen LogP contribution in [-0.4, -0.2) is 29.1 Å². The Balaban J connectivity index is 1.59. The number of rotatable bonds is 3. The molecular weight excluding hydrogens is 379 g/mol. The molecule has 5 aliphatic carbocycles. The van der Waals surface area contributed by atoms with Gasteiger partial charge >= 0.3 is 11.9 Å². The Labute approximate surface area is 162 Å². The van der Waals surface area contributed by atoms with Gasteiger partial charge in [0.15, 0.2) is 0 Å². The summed E-state index contributed by atoms with van der Waals surface area (Å²) in [5, 5.41) is 0. The van der Waals surface area contributed by atoms with Gasteiger partial charge < -0.3 is 4.74 Å². The van der Waals surface area contributed by atoms with Gasteiger partial charge in [-0.2, -0.15) is 0 Å². The Morgan fingerprint density at radius 1 is 0.964 bits per heavy atom. The van der Waals surface area contributed by atoms with Crippen molar-refractivity contribution in [2.45, 2.75) is 88.8 Å². The van der Waals surface area contributed by atoms with Gasteiger partial charge in [0, 0.05) is 6.92 Å². The molecule has 5 aliphatic rings. The van der Waals surface area contributed by atoms with E-state index >= 15 is 0 Å². The van der Waals surface area contributed by atoms with E-state index in [1.807, 2.05) is 0 Å². The van der Waals surface area contributed by atoms with Crippen LogP contribution >= 0.6 is 0 Å². The Bertz CT molecular complexity index is 630. The second-order valence-corrected chi connectivity index (χ2v) is 10.3. The van der Waals surface area contributed by atoms with Gasteiger partial charge in [0.1, 0.15) is 11.5 Å². The third kappa shape index (κ3) is 2.73. The number of alkyl halides is 5. The van der Waals surface area contributed by atoms with Crippen LogP contribution in [0, 0.1) is 35.5 Å². The van der Waals surface area contributed by atoms with Gasteiger partial charge in [-0.05, 0) is 81.5 Å². The summed E-state index contributed by atoms with van der Waals surface area (Å²) in [4.78, 5) is 12.9. The molecule has 0 N–H and O–H groups in total. The normalized spacial score (nSPS) is 49.9. The van der Waals surface area contributed by atoms with Crippen LogP contribution in [-0.2, 0) is 9.53 Å². The predicted octanol–water partition coefficient (Wildman–Crippen LogP) is 5.79. The van der Waals surface area contributed by atoms with E-state index in [9.17, 15) is 26.7 Å². The van der Waals surface area contributed by atoms with Crippen molar-refractivity contribution in [3.8, 4) is 0 Å². The van der Waals surface area contributed by atoms with Gasteiger partial charge in [0.05, 0.1) is 0 Å². The summed E-state index contributed by atoms with van der Waals surface area (Å²) in [6.45, 7) is 3.40. The summed E-state index contributed by atoms with van der Waals surface area (Å²) in [6, 6.07) is 0. The van der Waals surface area contributed by atoms with Crippen molar-refractivity contribution >= 4 is 5.97 Å².